The summed E-state index contributed by atoms with van der Waals surface area (Å²) in [6, 6.07) is 4.41. The Bertz CT molecular complexity index is 762. The lowest BCUT2D eigenvalue weighted by Crippen LogP contribution is -2.46. The maximum absolute atomic E-state index is 12.4. The number of amides is 4. The number of alkyl halides is 3. The predicted molar refractivity (Wildman–Crippen MR) is 86.3 cm³/mol. The molecule has 2 aliphatic rings. The van der Waals surface area contributed by atoms with Crippen molar-refractivity contribution >= 4 is 17.8 Å². The highest BCUT2D eigenvalue weighted by atomic mass is 19.4. The Hall–Kier alpha value is -2.78. The van der Waals surface area contributed by atoms with Crippen LogP contribution in [0.4, 0.5) is 18.0 Å². The molecule has 1 saturated heterocycles. The maximum atomic E-state index is 12.4. The Morgan fingerprint density at radius 1 is 1.30 bits per heavy atom. The van der Waals surface area contributed by atoms with E-state index < -0.39 is 36.3 Å². The number of carbonyl (C=O) groups is 3. The number of hydrogen-bond acceptors (Lipinski definition) is 4. The molecule has 1 aliphatic carbocycles. The number of urea groups is 1. The van der Waals surface area contributed by atoms with E-state index in [1.807, 2.05) is 0 Å². The molecule has 7 nitrogen and oxygen atoms in total. The largest absolute Gasteiger partial charge is 0.573 e. The average Bonchev–Trinajstić information content (AvgIpc) is 3.39. The van der Waals surface area contributed by atoms with E-state index in [0.717, 1.165) is 29.9 Å². The van der Waals surface area contributed by atoms with Gasteiger partial charge in [0.2, 0.25) is 5.91 Å². The molecule has 1 atom stereocenters. The lowest BCUT2D eigenvalue weighted by molar-refractivity contribution is -0.274. The van der Waals surface area contributed by atoms with Crippen molar-refractivity contribution in [2.75, 3.05) is 6.54 Å². The van der Waals surface area contributed by atoms with E-state index in [1.165, 1.54) is 12.1 Å². The van der Waals surface area contributed by atoms with Crippen molar-refractivity contribution in [1.82, 2.24) is 15.5 Å². The van der Waals surface area contributed by atoms with Gasteiger partial charge in [-0.2, -0.15) is 0 Å². The number of carbonyl (C=O) groups excluding carboxylic acids is 3. The van der Waals surface area contributed by atoms with Crippen molar-refractivity contribution in [3.05, 3.63) is 29.8 Å². The Morgan fingerprint density at radius 3 is 2.48 bits per heavy atom. The third kappa shape index (κ3) is 4.32. The minimum atomic E-state index is -4.77. The first-order chi connectivity index (χ1) is 12.6. The number of nitrogens with one attached hydrogen (secondary N) is 2. The highest BCUT2D eigenvalue weighted by Gasteiger charge is 2.56. The van der Waals surface area contributed by atoms with Gasteiger partial charge in [0.05, 0.1) is 0 Å². The van der Waals surface area contributed by atoms with Crippen LogP contribution in [0.5, 0.6) is 5.75 Å². The average molecular weight is 385 g/mol. The van der Waals surface area contributed by atoms with E-state index in [9.17, 15) is 27.6 Å². The third-order valence-corrected chi connectivity index (χ3v) is 4.64. The van der Waals surface area contributed by atoms with Gasteiger partial charge in [-0.15, -0.1) is 13.2 Å². The highest BCUT2D eigenvalue weighted by Crippen LogP contribution is 2.42. The number of rotatable bonds is 6. The van der Waals surface area contributed by atoms with Gasteiger partial charge >= 0.3 is 12.4 Å². The lowest BCUT2D eigenvalue weighted by atomic mass is 9.96. The molecule has 0 aromatic heterocycles. The van der Waals surface area contributed by atoms with Crippen LogP contribution in [0.1, 0.15) is 25.3 Å². The van der Waals surface area contributed by atoms with Crippen molar-refractivity contribution < 1.29 is 32.3 Å². The zero-order valence-electron chi connectivity index (χ0n) is 14.4. The van der Waals surface area contributed by atoms with Crippen LogP contribution in [0.15, 0.2) is 24.3 Å². The first kappa shape index (κ1) is 19.0. The number of imide groups is 1. The molecule has 3 rings (SSSR count). The fourth-order valence-corrected chi connectivity index (χ4v) is 3.01. The summed E-state index contributed by atoms with van der Waals surface area (Å²) in [5.41, 5.74) is -0.413. The third-order valence-electron chi connectivity index (χ3n) is 4.64. The standard InChI is InChI=1S/C17H18F3N3O4/c1-16(11-4-5-11)14(25)23(15(26)22-16)9-13(24)21-8-10-2-6-12(7-3-10)27-17(18,19)20/h2-3,6-7,11H,4-5,8-9H2,1H3,(H,21,24)(H,22,26). The molecule has 2 N–H and O–H groups in total. The summed E-state index contributed by atoms with van der Waals surface area (Å²) in [6.45, 7) is 1.28. The van der Waals surface area contributed by atoms with Gasteiger partial charge in [-0.25, -0.2) is 4.79 Å². The van der Waals surface area contributed by atoms with E-state index in [2.05, 4.69) is 15.4 Å². The second kappa shape index (κ2) is 6.75. The van der Waals surface area contributed by atoms with E-state index in [4.69, 9.17) is 0 Å². The Balaban J connectivity index is 1.51. The Morgan fingerprint density at radius 2 is 1.93 bits per heavy atom. The monoisotopic (exact) mass is 385 g/mol. The van der Waals surface area contributed by atoms with Gasteiger partial charge in [0.15, 0.2) is 0 Å². The summed E-state index contributed by atoms with van der Waals surface area (Å²) in [4.78, 5) is 37.4. The molecule has 1 saturated carbocycles. The smallest absolute Gasteiger partial charge is 0.406 e. The highest BCUT2D eigenvalue weighted by molar-refractivity contribution is 6.09. The lowest BCUT2D eigenvalue weighted by Gasteiger charge is -2.20. The molecule has 146 valence electrons. The fraction of sp³-hybridized carbons (Fsp3) is 0.471. The number of ether oxygens (including phenoxy) is 1. The van der Waals surface area contributed by atoms with Gasteiger partial charge in [-0.1, -0.05) is 12.1 Å². The summed E-state index contributed by atoms with van der Waals surface area (Å²) < 4.78 is 40.1. The molecule has 2 fully saturated rings. The Kier molecular flexibility index (Phi) is 4.75. The second-order valence-corrected chi connectivity index (χ2v) is 6.77. The van der Waals surface area contributed by atoms with E-state index >= 15 is 0 Å². The quantitative estimate of drug-likeness (QED) is 0.733. The van der Waals surface area contributed by atoms with Gasteiger partial charge in [0.25, 0.3) is 5.91 Å². The molecule has 10 heteroatoms. The molecule has 0 bridgehead atoms. The van der Waals surface area contributed by atoms with E-state index in [1.54, 1.807) is 6.92 Å². The molecule has 27 heavy (non-hydrogen) atoms. The van der Waals surface area contributed by atoms with Gasteiger partial charge in [0, 0.05) is 6.54 Å². The molecule has 0 spiro atoms. The van der Waals surface area contributed by atoms with Crippen LogP contribution in [-0.2, 0) is 16.1 Å². The second-order valence-electron chi connectivity index (χ2n) is 6.77. The molecule has 1 unspecified atom stereocenters. The van der Waals surface area contributed by atoms with Gasteiger partial charge < -0.3 is 15.4 Å². The minimum absolute atomic E-state index is 0.0364. The zero-order valence-corrected chi connectivity index (χ0v) is 14.4. The topological polar surface area (TPSA) is 87.7 Å². The summed E-state index contributed by atoms with van der Waals surface area (Å²) >= 11 is 0. The normalized spacial score (nSPS) is 22.6. The first-order valence-corrected chi connectivity index (χ1v) is 8.34. The summed E-state index contributed by atoms with van der Waals surface area (Å²) in [6.07, 6.45) is -3.05. The van der Waals surface area contributed by atoms with E-state index in [-0.39, 0.29) is 18.2 Å². The molecule has 0 radical (unpaired) electrons. The number of halogens is 3. The van der Waals surface area contributed by atoms with Crippen molar-refractivity contribution in [2.45, 2.75) is 38.2 Å². The molecule has 1 aromatic rings. The maximum Gasteiger partial charge on any atom is 0.573 e. The fourth-order valence-electron chi connectivity index (χ4n) is 3.01. The van der Waals surface area contributed by atoms with Gasteiger partial charge in [-0.05, 0) is 43.4 Å². The molecule has 4 amide bonds. The van der Waals surface area contributed by atoms with Crippen LogP contribution in [0.3, 0.4) is 0 Å². The van der Waals surface area contributed by atoms with Crippen molar-refractivity contribution in [2.24, 2.45) is 5.92 Å². The van der Waals surface area contributed by atoms with Crippen LogP contribution in [0.25, 0.3) is 0 Å². The number of benzene rings is 1. The predicted octanol–water partition coefficient (Wildman–Crippen LogP) is 1.92. The van der Waals surface area contributed by atoms with Crippen molar-refractivity contribution in [3.8, 4) is 5.75 Å². The SMILES string of the molecule is CC1(C2CC2)NC(=O)N(CC(=O)NCc2ccc(OC(F)(F)F)cc2)C1=O. The van der Waals surface area contributed by atoms with Crippen molar-refractivity contribution in [1.29, 1.82) is 0 Å². The number of nitrogens with zero attached hydrogens (tertiary/aromatic N) is 1. The Labute approximate surface area is 152 Å². The molecule has 1 aliphatic heterocycles. The van der Waals surface area contributed by atoms with Crippen LogP contribution >= 0.6 is 0 Å². The van der Waals surface area contributed by atoms with E-state index in [0.29, 0.717) is 5.56 Å². The van der Waals surface area contributed by atoms with Gasteiger partial charge in [0.1, 0.15) is 17.8 Å². The van der Waals surface area contributed by atoms with Crippen LogP contribution in [-0.4, -0.2) is 41.2 Å². The van der Waals surface area contributed by atoms with Crippen LogP contribution in [0, 0.1) is 5.92 Å². The summed E-state index contributed by atoms with van der Waals surface area (Å²) in [5, 5.41) is 5.18. The zero-order chi connectivity index (χ0) is 19.8. The minimum Gasteiger partial charge on any atom is -0.406 e. The molecule has 1 heterocycles. The summed E-state index contributed by atoms with van der Waals surface area (Å²) in [7, 11) is 0. The van der Waals surface area contributed by atoms with Crippen LogP contribution < -0.4 is 15.4 Å². The van der Waals surface area contributed by atoms with Crippen LogP contribution in [0.2, 0.25) is 0 Å². The molecule has 1 aromatic carbocycles. The summed E-state index contributed by atoms with van der Waals surface area (Å²) in [5.74, 6) is -1.23. The first-order valence-electron chi connectivity index (χ1n) is 8.34. The van der Waals surface area contributed by atoms with Crippen molar-refractivity contribution in [3.63, 3.8) is 0 Å². The molecular formula is C17H18F3N3O4. The van der Waals surface area contributed by atoms with Gasteiger partial charge in [-0.3, -0.25) is 14.5 Å². The molecular weight excluding hydrogens is 367 g/mol. The number of hydrogen-bond donors (Lipinski definition) is 2.